The molecule has 0 unspecified atom stereocenters. The van der Waals surface area contributed by atoms with Crippen LogP contribution in [0.5, 0.6) is 0 Å². The standard InChI is InChI=1S/C10H16N2O4S/c1-4-17(15,16)6-8-5-11-12(7(2)3)9(8)10(13)14/h5,7H,4,6H2,1-3H3,(H,13,14). The molecule has 1 aromatic rings. The molecule has 7 heteroatoms. The van der Waals surface area contributed by atoms with Gasteiger partial charge in [0, 0.05) is 17.4 Å². The van der Waals surface area contributed by atoms with E-state index in [1.807, 2.05) is 0 Å². The van der Waals surface area contributed by atoms with Gasteiger partial charge in [0.05, 0.1) is 11.9 Å². The van der Waals surface area contributed by atoms with E-state index in [4.69, 9.17) is 5.11 Å². The molecule has 0 aliphatic carbocycles. The second-order valence-corrected chi connectivity index (χ2v) is 6.39. The Hall–Kier alpha value is -1.37. The Bertz CT molecular complexity index is 516. The van der Waals surface area contributed by atoms with Crippen LogP contribution in [0.3, 0.4) is 0 Å². The van der Waals surface area contributed by atoms with Crippen LogP contribution in [0.1, 0.15) is 42.9 Å². The number of hydrogen-bond acceptors (Lipinski definition) is 4. The fourth-order valence-electron chi connectivity index (χ4n) is 1.47. The molecule has 17 heavy (non-hydrogen) atoms. The van der Waals surface area contributed by atoms with E-state index in [9.17, 15) is 13.2 Å². The second-order valence-electron chi connectivity index (χ2n) is 4.04. The van der Waals surface area contributed by atoms with Crippen LogP contribution < -0.4 is 0 Å². The molecule has 0 aromatic carbocycles. The van der Waals surface area contributed by atoms with Gasteiger partial charge >= 0.3 is 5.97 Å². The van der Waals surface area contributed by atoms with Gasteiger partial charge in [-0.1, -0.05) is 6.92 Å². The second kappa shape index (κ2) is 4.87. The van der Waals surface area contributed by atoms with Crippen molar-refractivity contribution in [3.63, 3.8) is 0 Å². The van der Waals surface area contributed by atoms with Crippen molar-refractivity contribution in [3.05, 3.63) is 17.5 Å². The van der Waals surface area contributed by atoms with Crippen molar-refractivity contribution in [2.24, 2.45) is 0 Å². The summed E-state index contributed by atoms with van der Waals surface area (Å²) in [5.41, 5.74) is 0.199. The van der Waals surface area contributed by atoms with E-state index in [0.29, 0.717) is 0 Å². The van der Waals surface area contributed by atoms with E-state index in [1.54, 1.807) is 13.8 Å². The van der Waals surface area contributed by atoms with Crippen LogP contribution in [0.2, 0.25) is 0 Å². The molecule has 0 bridgehead atoms. The molecule has 6 nitrogen and oxygen atoms in total. The van der Waals surface area contributed by atoms with Gasteiger partial charge in [-0.25, -0.2) is 13.2 Å². The zero-order chi connectivity index (χ0) is 13.2. The van der Waals surface area contributed by atoms with Crippen molar-refractivity contribution in [2.75, 3.05) is 5.75 Å². The summed E-state index contributed by atoms with van der Waals surface area (Å²) in [6.45, 7) is 5.11. The monoisotopic (exact) mass is 260 g/mol. The first kappa shape index (κ1) is 13.7. The minimum atomic E-state index is -3.26. The zero-order valence-corrected chi connectivity index (χ0v) is 10.9. The molecule has 0 atom stereocenters. The van der Waals surface area contributed by atoms with Crippen molar-refractivity contribution in [1.82, 2.24) is 9.78 Å². The van der Waals surface area contributed by atoms with Gasteiger partial charge in [0.1, 0.15) is 0 Å². The lowest BCUT2D eigenvalue weighted by molar-refractivity contribution is 0.0680. The van der Waals surface area contributed by atoms with Gasteiger partial charge in [-0.05, 0) is 13.8 Å². The zero-order valence-electron chi connectivity index (χ0n) is 10.0. The quantitative estimate of drug-likeness (QED) is 0.856. The van der Waals surface area contributed by atoms with E-state index >= 15 is 0 Å². The minimum absolute atomic E-state index is 0.0150. The number of aromatic nitrogens is 2. The van der Waals surface area contributed by atoms with E-state index < -0.39 is 15.8 Å². The molecule has 96 valence electrons. The number of carboxylic acid groups (broad SMARTS) is 1. The fraction of sp³-hybridized carbons (Fsp3) is 0.600. The Morgan fingerprint density at radius 3 is 2.53 bits per heavy atom. The molecule has 0 radical (unpaired) electrons. The molecule has 0 fully saturated rings. The molecule has 0 saturated carbocycles. The smallest absolute Gasteiger partial charge is 0.354 e. The lowest BCUT2D eigenvalue weighted by atomic mass is 10.2. The van der Waals surface area contributed by atoms with Gasteiger partial charge in [0.15, 0.2) is 15.5 Å². The molecule has 1 rings (SSSR count). The third kappa shape index (κ3) is 3.06. The third-order valence-electron chi connectivity index (χ3n) is 2.38. The Balaban J connectivity index is 3.22. The highest BCUT2D eigenvalue weighted by Gasteiger charge is 2.22. The maximum Gasteiger partial charge on any atom is 0.354 e. The maximum absolute atomic E-state index is 11.5. The van der Waals surface area contributed by atoms with Crippen molar-refractivity contribution in [2.45, 2.75) is 32.6 Å². The Morgan fingerprint density at radius 2 is 2.12 bits per heavy atom. The van der Waals surface area contributed by atoms with Gasteiger partial charge in [0.25, 0.3) is 0 Å². The highest BCUT2D eigenvalue weighted by atomic mass is 32.2. The van der Waals surface area contributed by atoms with Crippen molar-refractivity contribution < 1.29 is 18.3 Å². The van der Waals surface area contributed by atoms with E-state index in [-0.39, 0.29) is 28.8 Å². The van der Waals surface area contributed by atoms with Crippen molar-refractivity contribution >= 4 is 15.8 Å². The Labute approximate surface area is 100 Å². The summed E-state index contributed by atoms with van der Waals surface area (Å²) in [4.78, 5) is 11.1. The molecule has 0 aliphatic heterocycles. The fourth-order valence-corrected chi connectivity index (χ4v) is 2.36. The summed E-state index contributed by atoms with van der Waals surface area (Å²) in [7, 11) is -3.26. The largest absolute Gasteiger partial charge is 0.477 e. The number of rotatable bonds is 5. The summed E-state index contributed by atoms with van der Waals surface area (Å²) in [6.07, 6.45) is 1.32. The average molecular weight is 260 g/mol. The van der Waals surface area contributed by atoms with Crippen molar-refractivity contribution in [3.8, 4) is 0 Å². The van der Waals surface area contributed by atoms with Gasteiger partial charge < -0.3 is 5.11 Å². The topological polar surface area (TPSA) is 89.3 Å². The molecule has 0 aliphatic rings. The third-order valence-corrected chi connectivity index (χ3v) is 4.01. The van der Waals surface area contributed by atoms with Gasteiger partial charge in [-0.15, -0.1) is 0 Å². The van der Waals surface area contributed by atoms with Gasteiger partial charge in [-0.2, -0.15) is 5.10 Å². The lowest BCUT2D eigenvalue weighted by Crippen LogP contribution is -2.15. The number of nitrogens with zero attached hydrogens (tertiary/aromatic N) is 2. The predicted molar refractivity (Wildman–Crippen MR) is 62.7 cm³/mol. The molecule has 0 saturated heterocycles. The van der Waals surface area contributed by atoms with Crippen LogP contribution in [-0.2, 0) is 15.6 Å². The van der Waals surface area contributed by atoms with Gasteiger partial charge in [-0.3, -0.25) is 4.68 Å². The first-order chi connectivity index (χ1) is 7.78. The number of carboxylic acids is 1. The highest BCUT2D eigenvalue weighted by Crippen LogP contribution is 2.16. The number of carbonyl (C=O) groups is 1. The number of hydrogen-bond donors (Lipinski definition) is 1. The molecule has 1 aromatic heterocycles. The molecular formula is C10H16N2O4S. The number of sulfone groups is 1. The predicted octanol–water partition coefficient (Wildman–Crippen LogP) is 1.10. The van der Waals surface area contributed by atoms with Crippen LogP contribution in [0, 0.1) is 0 Å². The number of aromatic carboxylic acids is 1. The molecule has 1 N–H and O–H groups in total. The summed E-state index contributed by atoms with van der Waals surface area (Å²) in [6, 6.07) is -0.126. The van der Waals surface area contributed by atoms with Crippen LogP contribution >= 0.6 is 0 Å². The molecular weight excluding hydrogens is 244 g/mol. The normalized spacial score (nSPS) is 12.0. The summed E-state index contributed by atoms with van der Waals surface area (Å²) >= 11 is 0. The van der Waals surface area contributed by atoms with Crippen LogP contribution in [-0.4, -0.2) is 35.0 Å². The van der Waals surface area contributed by atoms with Gasteiger partial charge in [0.2, 0.25) is 0 Å². The molecule has 1 heterocycles. The molecule has 0 amide bonds. The van der Waals surface area contributed by atoms with Crippen molar-refractivity contribution in [1.29, 1.82) is 0 Å². The lowest BCUT2D eigenvalue weighted by Gasteiger charge is -2.09. The minimum Gasteiger partial charge on any atom is -0.477 e. The average Bonchev–Trinajstić information content (AvgIpc) is 2.60. The summed E-state index contributed by atoms with van der Waals surface area (Å²) in [5.74, 6) is -1.45. The van der Waals surface area contributed by atoms with Crippen LogP contribution in [0.25, 0.3) is 0 Å². The van der Waals surface area contributed by atoms with E-state index in [0.717, 1.165) is 0 Å². The first-order valence-corrected chi connectivity index (χ1v) is 7.10. The SMILES string of the molecule is CCS(=O)(=O)Cc1cnn(C(C)C)c1C(=O)O. The Morgan fingerprint density at radius 1 is 1.53 bits per heavy atom. The maximum atomic E-state index is 11.5. The summed E-state index contributed by atoms with van der Waals surface area (Å²) < 4.78 is 24.3. The first-order valence-electron chi connectivity index (χ1n) is 5.28. The van der Waals surface area contributed by atoms with E-state index in [2.05, 4.69) is 5.10 Å². The highest BCUT2D eigenvalue weighted by molar-refractivity contribution is 7.90. The molecule has 0 spiro atoms. The van der Waals surface area contributed by atoms with E-state index in [1.165, 1.54) is 17.8 Å². The summed E-state index contributed by atoms with van der Waals surface area (Å²) in [5, 5.41) is 13.0. The van der Waals surface area contributed by atoms with Crippen LogP contribution in [0.4, 0.5) is 0 Å². The Kier molecular flexibility index (Phi) is 3.92. The van der Waals surface area contributed by atoms with Crippen LogP contribution in [0.15, 0.2) is 6.20 Å².